The van der Waals surface area contributed by atoms with Crippen molar-refractivity contribution in [3.05, 3.63) is 47.5 Å². The van der Waals surface area contributed by atoms with Crippen molar-refractivity contribution in [2.45, 2.75) is 0 Å². The van der Waals surface area contributed by atoms with Crippen molar-refractivity contribution < 1.29 is 19.7 Å². The van der Waals surface area contributed by atoms with Gasteiger partial charge in [-0.3, -0.25) is 0 Å². The normalized spacial score (nSPS) is 11.3. The Labute approximate surface area is 154 Å². The second-order valence-electron chi connectivity index (χ2n) is 5.27. The lowest BCUT2D eigenvalue weighted by atomic mass is 10.2. The number of benzene rings is 2. The first-order valence-corrected chi connectivity index (χ1v) is 7.85. The molecule has 138 valence electrons. The third-order valence-corrected chi connectivity index (χ3v) is 3.61. The molecule has 2 aromatic carbocycles. The summed E-state index contributed by atoms with van der Waals surface area (Å²) >= 11 is 0. The summed E-state index contributed by atoms with van der Waals surface area (Å²) in [5, 5.41) is 26.6. The van der Waals surface area contributed by atoms with Crippen molar-refractivity contribution >= 4 is 24.3 Å². The van der Waals surface area contributed by atoms with Crippen molar-refractivity contribution in [2.75, 3.05) is 14.2 Å². The van der Waals surface area contributed by atoms with Crippen LogP contribution in [0.3, 0.4) is 0 Å². The molecule has 9 heteroatoms. The van der Waals surface area contributed by atoms with Crippen molar-refractivity contribution in [2.24, 2.45) is 9.98 Å². The molecular weight excluding hydrogens is 350 g/mol. The number of phenolic OH excluding ortho intramolecular Hbond substituents is 2. The number of para-hydroxylation sites is 2. The Bertz CT molecular complexity index is 919. The molecular formula is C18H17N5O4. The van der Waals surface area contributed by atoms with E-state index in [1.54, 1.807) is 36.4 Å². The molecule has 0 unspecified atom stereocenters. The third kappa shape index (κ3) is 4.03. The highest BCUT2D eigenvalue weighted by Gasteiger charge is 2.07. The highest BCUT2D eigenvalue weighted by molar-refractivity contribution is 5.87. The van der Waals surface area contributed by atoms with Crippen molar-refractivity contribution in [3.8, 4) is 23.0 Å². The maximum atomic E-state index is 10.0. The minimum absolute atomic E-state index is 0.0185. The number of phenols is 2. The first-order valence-electron chi connectivity index (χ1n) is 7.85. The molecule has 0 atom stereocenters. The van der Waals surface area contributed by atoms with Gasteiger partial charge in [-0.05, 0) is 24.3 Å². The van der Waals surface area contributed by atoms with Gasteiger partial charge in [0, 0.05) is 23.6 Å². The third-order valence-electron chi connectivity index (χ3n) is 3.61. The number of aromatic nitrogens is 3. The summed E-state index contributed by atoms with van der Waals surface area (Å²) in [4.78, 5) is 12.3. The number of rotatable bonds is 6. The molecule has 3 rings (SSSR count). The predicted octanol–water partition coefficient (Wildman–Crippen LogP) is 2.73. The van der Waals surface area contributed by atoms with E-state index in [0.29, 0.717) is 22.6 Å². The lowest BCUT2D eigenvalue weighted by Gasteiger charge is -2.04. The van der Waals surface area contributed by atoms with Crippen molar-refractivity contribution in [1.29, 1.82) is 0 Å². The van der Waals surface area contributed by atoms with Crippen LogP contribution in [-0.2, 0) is 0 Å². The number of hydrogen-bond donors (Lipinski definition) is 3. The van der Waals surface area contributed by atoms with Crippen molar-refractivity contribution in [3.63, 3.8) is 0 Å². The largest absolute Gasteiger partial charge is 0.504 e. The van der Waals surface area contributed by atoms with Crippen LogP contribution >= 0.6 is 0 Å². The quantitative estimate of drug-likeness (QED) is 0.575. The molecule has 0 saturated heterocycles. The molecule has 1 heterocycles. The number of nitrogens with zero attached hydrogens (tertiary/aromatic N) is 4. The van der Waals surface area contributed by atoms with E-state index >= 15 is 0 Å². The lowest BCUT2D eigenvalue weighted by Crippen LogP contribution is -1.88. The molecule has 0 spiro atoms. The molecule has 0 saturated carbocycles. The maximum Gasteiger partial charge on any atom is 0.269 e. The van der Waals surface area contributed by atoms with Crippen LogP contribution < -0.4 is 9.47 Å². The lowest BCUT2D eigenvalue weighted by molar-refractivity contribution is 0.373. The minimum atomic E-state index is -0.0222. The van der Waals surface area contributed by atoms with Gasteiger partial charge in [0.1, 0.15) is 0 Å². The highest BCUT2D eigenvalue weighted by Crippen LogP contribution is 2.29. The van der Waals surface area contributed by atoms with Crippen molar-refractivity contribution in [1.82, 2.24) is 15.2 Å². The van der Waals surface area contributed by atoms with Gasteiger partial charge in [-0.25, -0.2) is 15.1 Å². The number of nitrogens with one attached hydrogen (secondary N) is 1. The molecule has 1 aromatic heterocycles. The molecule has 3 N–H and O–H groups in total. The average Bonchev–Trinajstić information content (AvgIpc) is 3.14. The minimum Gasteiger partial charge on any atom is -0.504 e. The Morgan fingerprint density at radius 1 is 0.889 bits per heavy atom. The van der Waals surface area contributed by atoms with Gasteiger partial charge in [0.2, 0.25) is 5.95 Å². The van der Waals surface area contributed by atoms with Gasteiger partial charge in [-0.15, -0.1) is 5.10 Å². The van der Waals surface area contributed by atoms with E-state index < -0.39 is 0 Å². The van der Waals surface area contributed by atoms with Crippen LogP contribution in [0.4, 0.5) is 11.9 Å². The molecule has 0 bridgehead atoms. The Balaban J connectivity index is 1.76. The van der Waals surface area contributed by atoms with Gasteiger partial charge in [-0.1, -0.05) is 12.1 Å². The monoisotopic (exact) mass is 367 g/mol. The number of methoxy groups -OCH3 is 2. The van der Waals surface area contributed by atoms with Gasteiger partial charge in [0.05, 0.1) is 14.2 Å². The van der Waals surface area contributed by atoms with Gasteiger partial charge in [-0.2, -0.15) is 4.98 Å². The Kier molecular flexibility index (Phi) is 5.31. The van der Waals surface area contributed by atoms with E-state index in [-0.39, 0.29) is 23.4 Å². The molecule has 9 nitrogen and oxygen atoms in total. The van der Waals surface area contributed by atoms with E-state index in [9.17, 15) is 10.2 Å². The van der Waals surface area contributed by atoms with Crippen LogP contribution in [0.15, 0.2) is 46.4 Å². The number of aromatic hydroxyl groups is 2. The average molecular weight is 367 g/mol. The molecule has 0 aliphatic rings. The smallest absolute Gasteiger partial charge is 0.269 e. The summed E-state index contributed by atoms with van der Waals surface area (Å²) < 4.78 is 10.1. The standard InChI is InChI=1S/C18H17N5O4/c1-26-13-7-3-5-11(15(13)24)9-19-17-21-18(23-22-17)20-10-12-6-4-8-14(27-2)16(12)25/h3-10,24-25H,1-2H3,(H,21,22,23). The fraction of sp³-hybridized carbons (Fsp3) is 0.111. The molecule has 0 amide bonds. The first kappa shape index (κ1) is 17.9. The SMILES string of the molecule is COc1cccc(C=Nc2n[nH]c(N=Cc3cccc(OC)c3O)n2)c1O. The fourth-order valence-electron chi connectivity index (χ4n) is 2.23. The van der Waals surface area contributed by atoms with E-state index in [2.05, 4.69) is 25.2 Å². The van der Waals surface area contributed by atoms with Crippen LogP contribution in [0, 0.1) is 0 Å². The van der Waals surface area contributed by atoms with E-state index in [4.69, 9.17) is 9.47 Å². The second-order valence-corrected chi connectivity index (χ2v) is 5.27. The van der Waals surface area contributed by atoms with Gasteiger partial charge < -0.3 is 19.7 Å². The van der Waals surface area contributed by atoms with Gasteiger partial charge in [0.25, 0.3) is 5.95 Å². The number of H-pyrrole nitrogens is 1. The molecule has 0 fully saturated rings. The molecule has 3 aromatic rings. The van der Waals surface area contributed by atoms with Crippen LogP contribution in [0.25, 0.3) is 0 Å². The zero-order valence-electron chi connectivity index (χ0n) is 14.6. The number of ether oxygens (including phenoxy) is 2. The van der Waals surface area contributed by atoms with Crippen LogP contribution in [0.5, 0.6) is 23.0 Å². The summed E-state index contributed by atoms with van der Waals surface area (Å²) in [7, 11) is 2.94. The maximum absolute atomic E-state index is 10.0. The number of aromatic amines is 1. The first-order chi connectivity index (χ1) is 13.1. The van der Waals surface area contributed by atoms with E-state index in [1.165, 1.54) is 26.6 Å². The second kappa shape index (κ2) is 8.00. The number of hydrogen-bond acceptors (Lipinski definition) is 8. The van der Waals surface area contributed by atoms with Gasteiger partial charge in [0.15, 0.2) is 23.0 Å². The summed E-state index contributed by atoms with van der Waals surface area (Å²) in [6, 6.07) is 10.1. The summed E-state index contributed by atoms with van der Waals surface area (Å²) in [5.74, 6) is 0.997. The van der Waals surface area contributed by atoms with Crippen LogP contribution in [0.2, 0.25) is 0 Å². The summed E-state index contributed by atoms with van der Waals surface area (Å²) in [5.41, 5.74) is 0.933. The zero-order chi connectivity index (χ0) is 19.2. The van der Waals surface area contributed by atoms with E-state index in [1.807, 2.05) is 0 Å². The topological polar surface area (TPSA) is 125 Å². The van der Waals surface area contributed by atoms with E-state index in [0.717, 1.165) is 0 Å². The van der Waals surface area contributed by atoms with Gasteiger partial charge >= 0.3 is 0 Å². The molecule has 27 heavy (non-hydrogen) atoms. The van der Waals surface area contributed by atoms with Crippen LogP contribution in [0.1, 0.15) is 11.1 Å². The van der Waals surface area contributed by atoms with Crippen LogP contribution in [-0.4, -0.2) is 52.0 Å². The highest BCUT2D eigenvalue weighted by atomic mass is 16.5. The molecule has 0 aliphatic heterocycles. The molecule has 0 radical (unpaired) electrons. The Hall–Kier alpha value is -3.88. The number of aliphatic imine (C=N–C) groups is 2. The Morgan fingerprint density at radius 3 is 2.00 bits per heavy atom. The zero-order valence-corrected chi connectivity index (χ0v) is 14.6. The fourth-order valence-corrected chi connectivity index (χ4v) is 2.23. The predicted molar refractivity (Wildman–Crippen MR) is 100 cm³/mol. The molecule has 0 aliphatic carbocycles. The summed E-state index contributed by atoms with van der Waals surface area (Å²) in [6.45, 7) is 0. The Morgan fingerprint density at radius 2 is 1.44 bits per heavy atom. The summed E-state index contributed by atoms with van der Waals surface area (Å²) in [6.07, 6.45) is 2.85.